The third kappa shape index (κ3) is 7.71. The van der Waals surface area contributed by atoms with E-state index in [1.807, 2.05) is 0 Å². The molecule has 5 unspecified atom stereocenters. The maximum atomic E-state index is 2.50. The predicted molar refractivity (Wildman–Crippen MR) is 96.5 cm³/mol. The quantitative estimate of drug-likeness (QED) is 0.439. The van der Waals surface area contributed by atoms with Crippen LogP contribution in [0.15, 0.2) is 0 Å². The lowest BCUT2D eigenvalue weighted by atomic mass is 9.82. The molecule has 0 N–H and O–H groups in total. The molecule has 1 rings (SSSR count). The van der Waals surface area contributed by atoms with Crippen molar-refractivity contribution in [3.05, 3.63) is 0 Å². The molecule has 1 aliphatic rings. The highest BCUT2D eigenvalue weighted by molar-refractivity contribution is 4.79. The Morgan fingerprint density at radius 2 is 1.57 bits per heavy atom. The first kappa shape index (κ1) is 19.0. The molecule has 21 heavy (non-hydrogen) atoms. The van der Waals surface area contributed by atoms with Crippen LogP contribution in [0.25, 0.3) is 0 Å². The Hall–Kier alpha value is 0. The Labute approximate surface area is 135 Å². The third-order valence-electron chi connectivity index (χ3n) is 6.08. The van der Waals surface area contributed by atoms with Crippen LogP contribution in [0.3, 0.4) is 0 Å². The van der Waals surface area contributed by atoms with Gasteiger partial charge in [0.2, 0.25) is 0 Å². The molecule has 0 heterocycles. The summed E-state index contributed by atoms with van der Waals surface area (Å²) in [4.78, 5) is 0. The molecule has 0 aromatic rings. The minimum absolute atomic E-state index is 0.525. The molecule has 0 heteroatoms. The van der Waals surface area contributed by atoms with Crippen molar-refractivity contribution in [1.29, 1.82) is 0 Å². The van der Waals surface area contributed by atoms with Gasteiger partial charge in [-0.05, 0) is 67.1 Å². The molecule has 0 nitrogen and oxygen atoms in total. The molecule has 0 bridgehead atoms. The van der Waals surface area contributed by atoms with Crippen LogP contribution in [0.5, 0.6) is 0 Å². The Morgan fingerprint density at radius 3 is 2.14 bits per heavy atom. The summed E-state index contributed by atoms with van der Waals surface area (Å²) in [6.45, 7) is 16.9. The van der Waals surface area contributed by atoms with Crippen LogP contribution in [-0.4, -0.2) is 0 Å². The first-order valence-corrected chi connectivity index (χ1v) is 9.71. The van der Waals surface area contributed by atoms with Gasteiger partial charge in [-0.2, -0.15) is 0 Å². The number of rotatable bonds is 8. The zero-order chi connectivity index (χ0) is 16.0. The lowest BCUT2D eigenvalue weighted by Gasteiger charge is -2.24. The molecule has 0 aliphatic heterocycles. The summed E-state index contributed by atoms with van der Waals surface area (Å²) >= 11 is 0. The molecule has 0 radical (unpaired) electrons. The SMILES string of the molecule is CCC(C)C(C)CC(C)CC1CCC(CCC(C)(C)C)C1. The molecule has 1 aliphatic carbocycles. The van der Waals surface area contributed by atoms with Crippen LogP contribution in [0.1, 0.15) is 99.8 Å². The van der Waals surface area contributed by atoms with E-state index in [1.165, 1.54) is 51.4 Å². The highest BCUT2D eigenvalue weighted by Crippen LogP contribution is 2.40. The summed E-state index contributed by atoms with van der Waals surface area (Å²) in [6, 6.07) is 0. The highest BCUT2D eigenvalue weighted by atomic mass is 14.3. The van der Waals surface area contributed by atoms with E-state index < -0.39 is 0 Å². The van der Waals surface area contributed by atoms with Crippen LogP contribution in [-0.2, 0) is 0 Å². The van der Waals surface area contributed by atoms with E-state index in [2.05, 4.69) is 48.5 Å². The normalized spacial score (nSPS) is 27.6. The maximum absolute atomic E-state index is 2.50. The summed E-state index contributed by atoms with van der Waals surface area (Å²) in [5.41, 5.74) is 0.525. The Morgan fingerprint density at radius 1 is 0.952 bits per heavy atom. The minimum atomic E-state index is 0.525. The van der Waals surface area contributed by atoms with Gasteiger partial charge in [-0.1, -0.05) is 67.7 Å². The monoisotopic (exact) mass is 294 g/mol. The van der Waals surface area contributed by atoms with Crippen molar-refractivity contribution >= 4 is 0 Å². The third-order valence-corrected chi connectivity index (χ3v) is 6.08. The van der Waals surface area contributed by atoms with Crippen molar-refractivity contribution in [3.63, 3.8) is 0 Å². The lowest BCUT2D eigenvalue weighted by molar-refractivity contribution is 0.269. The Balaban J connectivity index is 2.24. The van der Waals surface area contributed by atoms with E-state index in [0.29, 0.717) is 5.41 Å². The molecule has 1 saturated carbocycles. The van der Waals surface area contributed by atoms with Crippen LogP contribution in [0.4, 0.5) is 0 Å². The molecule has 0 saturated heterocycles. The largest absolute Gasteiger partial charge is 0.0651 e. The molecule has 0 amide bonds. The molecular weight excluding hydrogens is 252 g/mol. The number of hydrogen-bond acceptors (Lipinski definition) is 0. The van der Waals surface area contributed by atoms with Gasteiger partial charge < -0.3 is 0 Å². The summed E-state index contributed by atoms with van der Waals surface area (Å²) in [5, 5.41) is 0. The topological polar surface area (TPSA) is 0 Å². The fourth-order valence-corrected chi connectivity index (χ4v) is 4.23. The van der Waals surface area contributed by atoms with Crippen LogP contribution in [0.2, 0.25) is 0 Å². The molecule has 126 valence electrons. The van der Waals surface area contributed by atoms with Gasteiger partial charge in [0.25, 0.3) is 0 Å². The summed E-state index contributed by atoms with van der Waals surface area (Å²) in [5.74, 6) is 4.81. The average molecular weight is 295 g/mol. The first-order chi connectivity index (χ1) is 9.71. The summed E-state index contributed by atoms with van der Waals surface area (Å²) in [6.07, 6.45) is 11.7. The van der Waals surface area contributed by atoms with Crippen molar-refractivity contribution < 1.29 is 0 Å². The van der Waals surface area contributed by atoms with Crippen molar-refractivity contribution in [3.8, 4) is 0 Å². The van der Waals surface area contributed by atoms with Gasteiger partial charge in [-0.25, -0.2) is 0 Å². The number of hydrogen-bond donors (Lipinski definition) is 0. The average Bonchev–Trinajstić information content (AvgIpc) is 2.81. The second-order valence-corrected chi connectivity index (χ2v) is 9.58. The second-order valence-electron chi connectivity index (χ2n) is 9.58. The van der Waals surface area contributed by atoms with E-state index in [9.17, 15) is 0 Å². The molecule has 0 aromatic heterocycles. The second kappa shape index (κ2) is 8.59. The fraction of sp³-hybridized carbons (Fsp3) is 1.00. The van der Waals surface area contributed by atoms with Gasteiger partial charge in [-0.15, -0.1) is 0 Å². The molecule has 5 atom stereocenters. The molecular formula is C21H42. The van der Waals surface area contributed by atoms with Gasteiger partial charge in [0.15, 0.2) is 0 Å². The molecule has 1 fully saturated rings. The Bertz CT molecular complexity index is 272. The van der Waals surface area contributed by atoms with Crippen LogP contribution >= 0.6 is 0 Å². The predicted octanol–water partition coefficient (Wildman–Crippen LogP) is 7.33. The van der Waals surface area contributed by atoms with Gasteiger partial charge in [0.1, 0.15) is 0 Å². The van der Waals surface area contributed by atoms with Gasteiger partial charge in [0.05, 0.1) is 0 Å². The van der Waals surface area contributed by atoms with Crippen LogP contribution in [0, 0.1) is 35.0 Å². The summed E-state index contributed by atoms with van der Waals surface area (Å²) in [7, 11) is 0. The van der Waals surface area contributed by atoms with Crippen molar-refractivity contribution in [2.24, 2.45) is 35.0 Å². The van der Waals surface area contributed by atoms with E-state index in [4.69, 9.17) is 0 Å². The van der Waals surface area contributed by atoms with E-state index in [1.54, 1.807) is 0 Å². The van der Waals surface area contributed by atoms with Gasteiger partial charge >= 0.3 is 0 Å². The van der Waals surface area contributed by atoms with E-state index in [-0.39, 0.29) is 0 Å². The first-order valence-electron chi connectivity index (χ1n) is 9.71. The molecule has 0 spiro atoms. The highest BCUT2D eigenvalue weighted by Gasteiger charge is 2.27. The van der Waals surface area contributed by atoms with Crippen molar-refractivity contribution in [1.82, 2.24) is 0 Å². The van der Waals surface area contributed by atoms with Crippen molar-refractivity contribution in [2.75, 3.05) is 0 Å². The maximum Gasteiger partial charge on any atom is -0.0383 e. The fourth-order valence-electron chi connectivity index (χ4n) is 4.23. The van der Waals surface area contributed by atoms with E-state index >= 15 is 0 Å². The minimum Gasteiger partial charge on any atom is -0.0651 e. The zero-order valence-electron chi connectivity index (χ0n) is 16.0. The van der Waals surface area contributed by atoms with Gasteiger partial charge in [0, 0.05) is 0 Å². The standard InChI is InChI=1S/C21H42/c1-8-17(3)18(4)13-16(2)14-20-10-9-19(15-20)11-12-21(5,6)7/h16-20H,8-15H2,1-7H3. The lowest BCUT2D eigenvalue weighted by Crippen LogP contribution is -2.13. The van der Waals surface area contributed by atoms with Crippen molar-refractivity contribution in [2.45, 2.75) is 99.8 Å². The summed E-state index contributed by atoms with van der Waals surface area (Å²) < 4.78 is 0. The van der Waals surface area contributed by atoms with Crippen LogP contribution < -0.4 is 0 Å². The molecule has 0 aromatic carbocycles. The van der Waals surface area contributed by atoms with E-state index in [0.717, 1.165) is 29.6 Å². The zero-order valence-corrected chi connectivity index (χ0v) is 16.0. The smallest absolute Gasteiger partial charge is 0.0383 e. The van der Waals surface area contributed by atoms with Gasteiger partial charge in [-0.3, -0.25) is 0 Å². The Kier molecular flexibility index (Phi) is 7.79.